The standard InChI is InChI=1S/C9H14O2/c1-2-6-9(11)7-4-3-5-8-10/h3-4,6,9-11H,1,5,7-8H2. The van der Waals surface area contributed by atoms with Crippen LogP contribution in [0.25, 0.3) is 0 Å². The van der Waals surface area contributed by atoms with E-state index >= 15 is 0 Å². The highest BCUT2D eigenvalue weighted by atomic mass is 16.3. The van der Waals surface area contributed by atoms with E-state index in [9.17, 15) is 0 Å². The molecule has 1 atom stereocenters. The van der Waals surface area contributed by atoms with Crippen molar-refractivity contribution in [2.45, 2.75) is 18.9 Å². The van der Waals surface area contributed by atoms with Gasteiger partial charge in [-0.3, -0.25) is 0 Å². The normalized spacial score (nSPS) is 12.9. The summed E-state index contributed by atoms with van der Waals surface area (Å²) < 4.78 is 0. The fourth-order valence-corrected chi connectivity index (χ4v) is 0.632. The zero-order valence-corrected chi connectivity index (χ0v) is 6.53. The first-order valence-corrected chi connectivity index (χ1v) is 3.61. The van der Waals surface area contributed by atoms with Gasteiger partial charge in [-0.25, -0.2) is 0 Å². The van der Waals surface area contributed by atoms with E-state index in [1.807, 2.05) is 12.2 Å². The predicted molar refractivity (Wildman–Crippen MR) is 45.2 cm³/mol. The van der Waals surface area contributed by atoms with E-state index in [2.05, 4.69) is 12.3 Å². The Bertz CT molecular complexity index is 155. The van der Waals surface area contributed by atoms with Gasteiger partial charge in [0.15, 0.2) is 0 Å². The number of hydrogen-bond acceptors (Lipinski definition) is 2. The van der Waals surface area contributed by atoms with Crippen molar-refractivity contribution in [1.29, 1.82) is 0 Å². The zero-order chi connectivity index (χ0) is 8.53. The molecule has 62 valence electrons. The smallest absolute Gasteiger partial charge is 0.0828 e. The summed E-state index contributed by atoms with van der Waals surface area (Å²) in [5.74, 6) is 0. The van der Waals surface area contributed by atoms with Crippen LogP contribution in [-0.4, -0.2) is 22.9 Å². The molecule has 2 N–H and O–H groups in total. The first kappa shape index (κ1) is 10.2. The lowest BCUT2D eigenvalue weighted by atomic mass is 10.2. The Balaban J connectivity index is 3.44. The van der Waals surface area contributed by atoms with Gasteiger partial charge in [0.2, 0.25) is 0 Å². The Morgan fingerprint density at radius 3 is 2.73 bits per heavy atom. The van der Waals surface area contributed by atoms with Crippen LogP contribution in [0.3, 0.4) is 0 Å². The Hall–Kier alpha value is -0.820. The summed E-state index contributed by atoms with van der Waals surface area (Å²) in [7, 11) is 0. The average molecular weight is 154 g/mol. The molecule has 0 aromatic heterocycles. The summed E-state index contributed by atoms with van der Waals surface area (Å²) in [6, 6.07) is 0. The van der Waals surface area contributed by atoms with Crippen LogP contribution in [0, 0.1) is 0 Å². The van der Waals surface area contributed by atoms with Crippen LogP contribution in [0.4, 0.5) is 0 Å². The SMILES string of the molecule is C=C=CC(O)CC=CCCO. The second kappa shape index (κ2) is 7.29. The second-order valence-corrected chi connectivity index (χ2v) is 2.16. The summed E-state index contributed by atoms with van der Waals surface area (Å²) in [5, 5.41) is 17.5. The maximum Gasteiger partial charge on any atom is 0.0828 e. The van der Waals surface area contributed by atoms with Crippen molar-refractivity contribution in [3.8, 4) is 0 Å². The monoisotopic (exact) mass is 154 g/mol. The van der Waals surface area contributed by atoms with Crippen LogP contribution in [0.5, 0.6) is 0 Å². The Morgan fingerprint density at radius 1 is 1.45 bits per heavy atom. The molecule has 0 saturated heterocycles. The maximum absolute atomic E-state index is 9.08. The third-order valence-electron chi connectivity index (χ3n) is 1.15. The van der Waals surface area contributed by atoms with Crippen molar-refractivity contribution in [3.05, 3.63) is 30.5 Å². The molecule has 0 fully saturated rings. The van der Waals surface area contributed by atoms with Crippen molar-refractivity contribution < 1.29 is 10.2 Å². The molecule has 0 spiro atoms. The van der Waals surface area contributed by atoms with Crippen LogP contribution in [0.1, 0.15) is 12.8 Å². The third kappa shape index (κ3) is 7.07. The van der Waals surface area contributed by atoms with Gasteiger partial charge in [0, 0.05) is 6.61 Å². The van der Waals surface area contributed by atoms with E-state index in [1.54, 1.807) is 0 Å². The average Bonchev–Trinajstić information content (AvgIpc) is 1.99. The molecule has 0 radical (unpaired) electrons. The summed E-state index contributed by atoms with van der Waals surface area (Å²) >= 11 is 0. The first-order chi connectivity index (χ1) is 5.31. The zero-order valence-electron chi connectivity index (χ0n) is 6.53. The largest absolute Gasteiger partial charge is 0.396 e. The molecule has 0 aromatic rings. The van der Waals surface area contributed by atoms with Crippen LogP contribution >= 0.6 is 0 Å². The van der Waals surface area contributed by atoms with Crippen molar-refractivity contribution in [3.63, 3.8) is 0 Å². The van der Waals surface area contributed by atoms with E-state index in [4.69, 9.17) is 10.2 Å². The van der Waals surface area contributed by atoms with Crippen molar-refractivity contribution in [2.75, 3.05) is 6.61 Å². The molecular weight excluding hydrogens is 140 g/mol. The molecule has 0 amide bonds. The lowest BCUT2D eigenvalue weighted by Crippen LogP contribution is -1.98. The molecule has 11 heavy (non-hydrogen) atoms. The van der Waals surface area contributed by atoms with Gasteiger partial charge < -0.3 is 10.2 Å². The van der Waals surface area contributed by atoms with E-state index < -0.39 is 6.10 Å². The highest BCUT2D eigenvalue weighted by molar-refractivity contribution is 4.92. The number of rotatable bonds is 5. The minimum absolute atomic E-state index is 0.157. The van der Waals surface area contributed by atoms with Crippen LogP contribution < -0.4 is 0 Å². The highest BCUT2D eigenvalue weighted by Crippen LogP contribution is 1.94. The number of aliphatic hydroxyl groups is 2. The molecule has 0 aliphatic rings. The Labute approximate surface area is 67.2 Å². The Kier molecular flexibility index (Phi) is 6.75. The highest BCUT2D eigenvalue weighted by Gasteiger charge is 1.91. The number of aliphatic hydroxyl groups excluding tert-OH is 2. The molecule has 0 saturated carbocycles. The topological polar surface area (TPSA) is 40.5 Å². The van der Waals surface area contributed by atoms with Gasteiger partial charge in [-0.2, -0.15) is 0 Å². The molecule has 0 aliphatic heterocycles. The van der Waals surface area contributed by atoms with E-state index in [0.717, 1.165) is 0 Å². The Morgan fingerprint density at radius 2 is 2.18 bits per heavy atom. The molecule has 0 aromatic carbocycles. The molecule has 1 unspecified atom stereocenters. The van der Waals surface area contributed by atoms with Gasteiger partial charge in [0.1, 0.15) is 0 Å². The fraction of sp³-hybridized carbons (Fsp3) is 0.444. The minimum Gasteiger partial charge on any atom is -0.396 e. The molecule has 2 heteroatoms. The van der Waals surface area contributed by atoms with Crippen molar-refractivity contribution in [2.24, 2.45) is 0 Å². The van der Waals surface area contributed by atoms with Crippen molar-refractivity contribution in [1.82, 2.24) is 0 Å². The van der Waals surface area contributed by atoms with Gasteiger partial charge in [0.05, 0.1) is 6.10 Å². The molecule has 0 aliphatic carbocycles. The minimum atomic E-state index is -0.498. The second-order valence-electron chi connectivity index (χ2n) is 2.16. The number of hydrogen-bond donors (Lipinski definition) is 2. The first-order valence-electron chi connectivity index (χ1n) is 3.61. The lowest BCUT2D eigenvalue weighted by Gasteiger charge is -1.96. The maximum atomic E-state index is 9.08. The van der Waals surface area contributed by atoms with Gasteiger partial charge >= 0.3 is 0 Å². The van der Waals surface area contributed by atoms with Gasteiger partial charge in [0.25, 0.3) is 0 Å². The van der Waals surface area contributed by atoms with E-state index in [1.165, 1.54) is 6.08 Å². The van der Waals surface area contributed by atoms with Crippen LogP contribution in [0.2, 0.25) is 0 Å². The van der Waals surface area contributed by atoms with Crippen LogP contribution in [-0.2, 0) is 0 Å². The van der Waals surface area contributed by atoms with Gasteiger partial charge in [-0.05, 0) is 18.9 Å². The molecule has 2 nitrogen and oxygen atoms in total. The molecule has 0 heterocycles. The lowest BCUT2D eigenvalue weighted by molar-refractivity contribution is 0.227. The predicted octanol–water partition coefficient (Wildman–Crippen LogP) is 1.02. The summed E-state index contributed by atoms with van der Waals surface area (Å²) in [5.41, 5.74) is 2.50. The van der Waals surface area contributed by atoms with E-state index in [-0.39, 0.29) is 6.61 Å². The summed E-state index contributed by atoms with van der Waals surface area (Å²) in [6.07, 6.45) is 5.87. The molecular formula is C9H14O2. The summed E-state index contributed by atoms with van der Waals surface area (Å²) in [6.45, 7) is 3.50. The van der Waals surface area contributed by atoms with Gasteiger partial charge in [-0.1, -0.05) is 18.7 Å². The summed E-state index contributed by atoms with van der Waals surface area (Å²) in [4.78, 5) is 0. The molecule has 0 rings (SSSR count). The van der Waals surface area contributed by atoms with Crippen molar-refractivity contribution >= 4 is 0 Å². The third-order valence-corrected chi connectivity index (χ3v) is 1.15. The van der Waals surface area contributed by atoms with Crippen LogP contribution in [0.15, 0.2) is 30.5 Å². The molecule has 0 bridgehead atoms. The fourth-order valence-electron chi connectivity index (χ4n) is 0.632. The van der Waals surface area contributed by atoms with Gasteiger partial charge in [-0.15, -0.1) is 5.73 Å². The van der Waals surface area contributed by atoms with E-state index in [0.29, 0.717) is 12.8 Å². The quantitative estimate of drug-likeness (QED) is 0.458.